The fourth-order valence-corrected chi connectivity index (χ4v) is 6.19. The molecule has 0 bridgehead atoms. The van der Waals surface area contributed by atoms with Gasteiger partial charge in [0, 0.05) is 47.6 Å². The first-order chi connectivity index (χ1) is 23.6. The van der Waals surface area contributed by atoms with Crippen molar-refractivity contribution in [2.24, 2.45) is 10.2 Å². The third-order valence-corrected chi connectivity index (χ3v) is 8.78. The van der Waals surface area contributed by atoms with Crippen LogP contribution in [0.5, 0.6) is 11.5 Å². The molecule has 4 aromatic carbocycles. The van der Waals surface area contributed by atoms with Crippen molar-refractivity contribution in [3.63, 3.8) is 0 Å². The summed E-state index contributed by atoms with van der Waals surface area (Å²) in [4.78, 5) is 0. The summed E-state index contributed by atoms with van der Waals surface area (Å²) in [6, 6.07) is 32.8. The number of rotatable bonds is 15. The summed E-state index contributed by atoms with van der Waals surface area (Å²) in [5, 5.41) is 12.5. The Bertz CT molecular complexity index is 1870. The molecule has 0 aliphatic rings. The largest absolute Gasteiger partial charge is 0.497 e. The van der Waals surface area contributed by atoms with Crippen LogP contribution >= 0.6 is 0 Å². The second-order valence-electron chi connectivity index (χ2n) is 12.1. The van der Waals surface area contributed by atoms with E-state index < -0.39 is 0 Å². The van der Waals surface area contributed by atoms with Gasteiger partial charge in [-0.15, -0.1) is 0 Å². The topological polar surface area (TPSA) is 69.5 Å². The third kappa shape index (κ3) is 7.38. The van der Waals surface area contributed by atoms with Gasteiger partial charge in [0.1, 0.15) is 34.2 Å². The molecule has 0 saturated heterocycles. The first-order valence-corrected chi connectivity index (χ1v) is 17.0. The first kappa shape index (κ1) is 32.8. The second kappa shape index (κ2) is 15.7. The quantitative estimate of drug-likeness (QED) is 0.0827. The third-order valence-electron chi connectivity index (χ3n) is 8.78. The number of hydrogen-bond donors (Lipinski definition) is 0. The molecule has 0 unspecified atom stereocenters. The maximum Gasteiger partial charge on any atom is 0.134 e. The molecule has 0 radical (unpaired) electrons. The van der Waals surface area contributed by atoms with Gasteiger partial charge in [-0.2, -0.15) is 10.2 Å². The molecular weight excluding hydrogens is 596 g/mol. The fraction of sp³-hybridized carbons (Fsp3) is 0.286. The monoisotopic (exact) mass is 640 g/mol. The lowest BCUT2D eigenvalue weighted by atomic mass is 9.97. The number of benzene rings is 4. The van der Waals surface area contributed by atoms with E-state index in [0.717, 1.165) is 117 Å². The lowest BCUT2D eigenvalue weighted by Gasteiger charge is -2.11. The second-order valence-corrected chi connectivity index (χ2v) is 12.1. The average molecular weight is 641 g/mol. The van der Waals surface area contributed by atoms with Crippen molar-refractivity contribution in [2.45, 2.75) is 65.2 Å². The van der Waals surface area contributed by atoms with Gasteiger partial charge >= 0.3 is 0 Å². The lowest BCUT2D eigenvalue weighted by molar-refractivity contribution is 0.414. The minimum absolute atomic E-state index is 0.584. The maximum absolute atomic E-state index is 6.50. The van der Waals surface area contributed by atoms with Crippen molar-refractivity contribution < 1.29 is 18.3 Å². The Balaban J connectivity index is 1.56. The van der Waals surface area contributed by atoms with Crippen molar-refractivity contribution >= 4 is 33.4 Å². The van der Waals surface area contributed by atoms with Crippen LogP contribution in [-0.2, 0) is 25.7 Å². The number of para-hydroxylation sites is 2. The molecule has 0 atom stereocenters. The van der Waals surface area contributed by atoms with Gasteiger partial charge in [0.25, 0.3) is 0 Å². The van der Waals surface area contributed by atoms with Crippen molar-refractivity contribution in [3.05, 3.63) is 131 Å². The summed E-state index contributed by atoms with van der Waals surface area (Å²) >= 11 is 0. The van der Waals surface area contributed by atoms with Gasteiger partial charge in [-0.3, -0.25) is 0 Å². The van der Waals surface area contributed by atoms with Crippen LogP contribution in [-0.4, -0.2) is 25.6 Å². The van der Waals surface area contributed by atoms with Gasteiger partial charge in [0.15, 0.2) is 0 Å². The Morgan fingerprint density at radius 3 is 1.31 bits per heavy atom. The number of fused-ring (bicyclic) bond motifs is 2. The molecule has 0 spiro atoms. The van der Waals surface area contributed by atoms with Crippen LogP contribution in [0.2, 0.25) is 0 Å². The molecule has 0 N–H and O–H groups in total. The highest BCUT2D eigenvalue weighted by molar-refractivity contribution is 6.14. The molecule has 0 amide bonds. The highest BCUT2D eigenvalue weighted by Crippen LogP contribution is 2.32. The smallest absolute Gasteiger partial charge is 0.134 e. The van der Waals surface area contributed by atoms with Gasteiger partial charge in [0.2, 0.25) is 0 Å². The summed E-state index contributed by atoms with van der Waals surface area (Å²) in [6.07, 6.45) is 7.02. The van der Waals surface area contributed by atoms with Crippen LogP contribution in [0.4, 0.5) is 0 Å². The molecule has 2 aromatic heterocycles. The van der Waals surface area contributed by atoms with E-state index in [0.29, 0.717) is 12.8 Å². The van der Waals surface area contributed by atoms with E-state index in [9.17, 15) is 0 Å². The van der Waals surface area contributed by atoms with Gasteiger partial charge in [0.05, 0.1) is 25.6 Å². The summed E-state index contributed by atoms with van der Waals surface area (Å²) < 4.78 is 23.9. The van der Waals surface area contributed by atoms with Crippen LogP contribution in [0.1, 0.15) is 73.3 Å². The zero-order valence-electron chi connectivity index (χ0n) is 28.4. The van der Waals surface area contributed by atoms with Gasteiger partial charge < -0.3 is 18.3 Å². The van der Waals surface area contributed by atoms with Crippen LogP contribution in [0, 0.1) is 0 Å². The standard InChI is InChI=1S/C42H44N2O4/c1-5-7-15-39-41(33-13-9-11-17-37(33)47-39)35(27-29-19-23-31(45-3)24-20-29)43-44-36(28-30-21-25-32(46-4)26-22-30)42-34-14-10-12-18-38(34)48-40(42)16-8-6-2/h9-14,17-26H,5-8,15-16,27-28H2,1-4H3/b43-35-,44-36-. The molecule has 2 heterocycles. The molecule has 6 rings (SSSR count). The van der Waals surface area contributed by atoms with Crippen molar-refractivity contribution in [3.8, 4) is 11.5 Å². The predicted molar refractivity (Wildman–Crippen MR) is 196 cm³/mol. The Morgan fingerprint density at radius 1 is 0.542 bits per heavy atom. The summed E-state index contributed by atoms with van der Waals surface area (Å²) in [7, 11) is 3.37. The number of methoxy groups -OCH3 is 2. The molecule has 0 saturated carbocycles. The molecule has 6 nitrogen and oxygen atoms in total. The highest BCUT2D eigenvalue weighted by Gasteiger charge is 2.22. The van der Waals surface area contributed by atoms with E-state index in [1.54, 1.807) is 14.2 Å². The Hall–Kier alpha value is -5.10. The SMILES string of the molecule is CCCCc1oc2ccccc2c1/C(Cc1ccc(OC)cc1)=N\N=C(\Cc1ccc(OC)cc1)c1c(CCCC)oc2ccccc12. The lowest BCUT2D eigenvalue weighted by Crippen LogP contribution is -2.11. The van der Waals surface area contributed by atoms with E-state index in [2.05, 4.69) is 62.4 Å². The van der Waals surface area contributed by atoms with Gasteiger partial charge in [-0.25, -0.2) is 0 Å². The van der Waals surface area contributed by atoms with Crippen LogP contribution in [0.3, 0.4) is 0 Å². The highest BCUT2D eigenvalue weighted by atomic mass is 16.5. The Morgan fingerprint density at radius 2 is 0.938 bits per heavy atom. The minimum Gasteiger partial charge on any atom is -0.497 e. The Labute approximate surface area is 283 Å². The van der Waals surface area contributed by atoms with Crippen molar-refractivity contribution in [1.29, 1.82) is 0 Å². The molecule has 0 aliphatic heterocycles. The van der Waals surface area contributed by atoms with E-state index >= 15 is 0 Å². The fourth-order valence-electron chi connectivity index (χ4n) is 6.19. The molecule has 6 aromatic rings. The van der Waals surface area contributed by atoms with Gasteiger partial charge in [-0.1, -0.05) is 87.4 Å². The van der Waals surface area contributed by atoms with Crippen LogP contribution < -0.4 is 9.47 Å². The molecule has 246 valence electrons. The molecule has 0 aliphatic carbocycles. The number of aryl methyl sites for hydroxylation is 2. The zero-order valence-corrected chi connectivity index (χ0v) is 28.4. The number of ether oxygens (including phenoxy) is 2. The Kier molecular flexibility index (Phi) is 10.7. The minimum atomic E-state index is 0.584. The summed E-state index contributed by atoms with van der Waals surface area (Å²) in [5.41, 5.74) is 7.77. The molecule has 6 heteroatoms. The van der Waals surface area contributed by atoms with Crippen LogP contribution in [0.25, 0.3) is 21.9 Å². The van der Waals surface area contributed by atoms with Crippen molar-refractivity contribution in [2.75, 3.05) is 14.2 Å². The number of hydrogen-bond acceptors (Lipinski definition) is 6. The number of furan rings is 2. The zero-order chi connectivity index (χ0) is 33.3. The molecule has 0 fully saturated rings. The maximum atomic E-state index is 6.50. The number of nitrogens with zero attached hydrogens (tertiary/aromatic N) is 2. The molecular formula is C42H44N2O4. The number of unbranched alkanes of at least 4 members (excludes halogenated alkanes) is 2. The first-order valence-electron chi connectivity index (χ1n) is 17.0. The predicted octanol–water partition coefficient (Wildman–Crippen LogP) is 10.6. The average Bonchev–Trinajstić information content (AvgIpc) is 3.69. The van der Waals surface area contributed by atoms with Gasteiger partial charge in [-0.05, 0) is 60.4 Å². The van der Waals surface area contributed by atoms with E-state index in [4.69, 9.17) is 28.5 Å². The summed E-state index contributed by atoms with van der Waals surface area (Å²) in [5.74, 6) is 3.55. The van der Waals surface area contributed by atoms with E-state index in [1.807, 2.05) is 48.5 Å². The molecule has 48 heavy (non-hydrogen) atoms. The van der Waals surface area contributed by atoms with E-state index in [-0.39, 0.29) is 0 Å². The van der Waals surface area contributed by atoms with Crippen LogP contribution in [0.15, 0.2) is 116 Å². The van der Waals surface area contributed by atoms with E-state index in [1.165, 1.54) is 0 Å². The normalized spacial score (nSPS) is 12.2. The summed E-state index contributed by atoms with van der Waals surface area (Å²) in [6.45, 7) is 4.41. The van der Waals surface area contributed by atoms with Crippen molar-refractivity contribution in [1.82, 2.24) is 0 Å².